The van der Waals surface area contributed by atoms with E-state index in [2.05, 4.69) is 13.1 Å². The van der Waals surface area contributed by atoms with Gasteiger partial charge in [-0.15, -0.1) is 11.8 Å². The molecule has 2 N–H and O–H groups in total. The molecule has 0 unspecified atom stereocenters. The number of nitrogens with one attached hydrogen (secondary N) is 2. The summed E-state index contributed by atoms with van der Waals surface area (Å²) in [6.45, 7) is 7.31. The first-order valence-electron chi connectivity index (χ1n) is 9.16. The number of likely N-dealkylation sites (N-methyl/N-ethyl adjacent to an activating group) is 1. The zero-order chi connectivity index (χ0) is 17.2. The van der Waals surface area contributed by atoms with Gasteiger partial charge in [0.15, 0.2) is 11.5 Å². The van der Waals surface area contributed by atoms with E-state index in [9.17, 15) is 4.79 Å². The average molecular weight is 365 g/mol. The molecule has 7 heteroatoms. The molecule has 136 valence electrons. The van der Waals surface area contributed by atoms with Gasteiger partial charge < -0.3 is 24.2 Å². The summed E-state index contributed by atoms with van der Waals surface area (Å²) in [7, 11) is 2.27. The number of hydrogen-bond acceptors (Lipinski definition) is 4. The van der Waals surface area contributed by atoms with Crippen molar-refractivity contribution in [2.75, 3.05) is 58.9 Å². The fourth-order valence-corrected chi connectivity index (χ4v) is 5.03. The van der Waals surface area contributed by atoms with Crippen LogP contribution >= 0.6 is 11.8 Å². The van der Waals surface area contributed by atoms with Gasteiger partial charge in [-0.1, -0.05) is 6.07 Å². The van der Waals surface area contributed by atoms with Gasteiger partial charge in [0.25, 0.3) is 0 Å². The van der Waals surface area contributed by atoms with E-state index in [1.54, 1.807) is 21.6 Å². The van der Waals surface area contributed by atoms with Gasteiger partial charge in [-0.05, 0) is 17.7 Å². The summed E-state index contributed by atoms with van der Waals surface area (Å²) in [4.78, 5) is 17.7. The van der Waals surface area contributed by atoms with Crippen molar-refractivity contribution in [3.05, 3.63) is 23.8 Å². The van der Waals surface area contributed by atoms with Gasteiger partial charge >= 0.3 is 0 Å². The molecule has 0 saturated carbocycles. The van der Waals surface area contributed by atoms with Gasteiger partial charge in [0, 0.05) is 13.0 Å². The Hall–Kier alpha value is -1.44. The lowest BCUT2D eigenvalue weighted by Crippen LogP contribution is -3.27. The molecule has 1 atom stereocenters. The standard InChI is InChI=1S/C18H25N3O3S/c1-19-7-9-20(10-8-19)5-2-6-21-17(22)12-25-18(21)14-3-4-15-16(11-14)24-13-23-15/h3-4,11,18H,2,5-10,12-13H2,1H3/p+2/t18-/m0/s1. The molecule has 0 aromatic heterocycles. The maximum atomic E-state index is 12.4. The molecular weight excluding hydrogens is 338 g/mol. The highest BCUT2D eigenvalue weighted by Gasteiger charge is 2.33. The molecule has 3 aliphatic heterocycles. The number of amides is 1. The van der Waals surface area contributed by atoms with Crippen LogP contribution in [0, 0.1) is 0 Å². The molecule has 0 spiro atoms. The highest BCUT2D eigenvalue weighted by Crippen LogP contribution is 2.42. The fourth-order valence-electron chi connectivity index (χ4n) is 3.82. The van der Waals surface area contributed by atoms with Gasteiger partial charge in [0.1, 0.15) is 31.6 Å². The number of piperazine rings is 1. The largest absolute Gasteiger partial charge is 0.454 e. The Morgan fingerprint density at radius 1 is 1.20 bits per heavy atom. The molecule has 1 aromatic carbocycles. The quantitative estimate of drug-likeness (QED) is 0.688. The number of carbonyl (C=O) groups is 1. The van der Waals surface area contributed by atoms with Crippen molar-refractivity contribution >= 4 is 17.7 Å². The summed E-state index contributed by atoms with van der Waals surface area (Å²) >= 11 is 1.71. The van der Waals surface area contributed by atoms with Crippen molar-refractivity contribution in [3.8, 4) is 11.5 Å². The Bertz CT molecular complexity index is 634. The molecule has 0 bridgehead atoms. The Kier molecular flexibility index (Phi) is 5.05. The number of carbonyl (C=O) groups excluding carboxylic acids is 1. The van der Waals surface area contributed by atoms with E-state index in [1.165, 1.54) is 26.2 Å². The lowest BCUT2D eigenvalue weighted by molar-refractivity contribution is -1.00. The van der Waals surface area contributed by atoms with Crippen LogP contribution in [-0.4, -0.2) is 69.7 Å². The Morgan fingerprint density at radius 3 is 2.84 bits per heavy atom. The molecule has 2 saturated heterocycles. The lowest BCUT2D eigenvalue weighted by Gasteiger charge is -2.29. The number of thioether (sulfide) groups is 1. The highest BCUT2D eigenvalue weighted by molar-refractivity contribution is 8.00. The lowest BCUT2D eigenvalue weighted by atomic mass is 10.1. The van der Waals surface area contributed by atoms with Crippen molar-refractivity contribution < 1.29 is 24.1 Å². The number of quaternary nitrogens is 2. The van der Waals surface area contributed by atoms with Gasteiger partial charge in [-0.2, -0.15) is 0 Å². The van der Waals surface area contributed by atoms with E-state index in [4.69, 9.17) is 9.47 Å². The first-order chi connectivity index (χ1) is 12.2. The van der Waals surface area contributed by atoms with Crippen molar-refractivity contribution in [2.45, 2.75) is 11.8 Å². The third-order valence-electron chi connectivity index (χ3n) is 5.39. The predicted molar refractivity (Wildman–Crippen MR) is 96.3 cm³/mol. The summed E-state index contributed by atoms with van der Waals surface area (Å²) in [5.74, 6) is 2.42. The average Bonchev–Trinajstić information content (AvgIpc) is 3.23. The van der Waals surface area contributed by atoms with Gasteiger partial charge in [0.2, 0.25) is 12.7 Å². The van der Waals surface area contributed by atoms with E-state index in [-0.39, 0.29) is 18.1 Å². The van der Waals surface area contributed by atoms with Crippen LogP contribution in [0.25, 0.3) is 0 Å². The molecule has 6 nitrogen and oxygen atoms in total. The minimum absolute atomic E-state index is 0.105. The topological polar surface area (TPSA) is 47.7 Å². The summed E-state index contributed by atoms with van der Waals surface area (Å²) in [5, 5.41) is 0.105. The van der Waals surface area contributed by atoms with Crippen molar-refractivity contribution in [1.82, 2.24) is 4.90 Å². The molecule has 0 radical (unpaired) electrons. The van der Waals surface area contributed by atoms with Crippen LogP contribution < -0.4 is 19.3 Å². The molecule has 2 fully saturated rings. The van der Waals surface area contributed by atoms with Gasteiger partial charge in [-0.3, -0.25) is 4.79 Å². The van der Waals surface area contributed by atoms with Crippen molar-refractivity contribution in [2.24, 2.45) is 0 Å². The van der Waals surface area contributed by atoms with Crippen LogP contribution in [0.1, 0.15) is 17.4 Å². The number of ether oxygens (including phenoxy) is 2. The Labute approximate surface area is 153 Å². The number of hydrogen-bond donors (Lipinski definition) is 2. The predicted octanol–water partition coefficient (Wildman–Crippen LogP) is -1.21. The summed E-state index contributed by atoms with van der Waals surface area (Å²) in [6.07, 6.45) is 1.07. The molecule has 0 aliphatic carbocycles. The summed E-state index contributed by atoms with van der Waals surface area (Å²) in [6, 6.07) is 6.04. The van der Waals surface area contributed by atoms with Crippen LogP contribution in [0.5, 0.6) is 11.5 Å². The molecule has 3 heterocycles. The Balaban J connectivity index is 1.35. The van der Waals surface area contributed by atoms with Crippen LogP contribution in [0.3, 0.4) is 0 Å². The molecule has 25 heavy (non-hydrogen) atoms. The summed E-state index contributed by atoms with van der Waals surface area (Å²) in [5.41, 5.74) is 1.13. The first-order valence-corrected chi connectivity index (χ1v) is 10.2. The van der Waals surface area contributed by atoms with Crippen LogP contribution in [0.2, 0.25) is 0 Å². The number of benzene rings is 1. The van der Waals surface area contributed by atoms with E-state index in [0.29, 0.717) is 5.75 Å². The van der Waals surface area contributed by atoms with E-state index >= 15 is 0 Å². The zero-order valence-electron chi connectivity index (χ0n) is 14.8. The van der Waals surface area contributed by atoms with Crippen LogP contribution in [0.15, 0.2) is 18.2 Å². The van der Waals surface area contributed by atoms with Crippen molar-refractivity contribution in [1.29, 1.82) is 0 Å². The smallest absolute Gasteiger partial charge is 0.233 e. The van der Waals surface area contributed by atoms with Crippen LogP contribution in [0.4, 0.5) is 0 Å². The second-order valence-corrected chi connectivity index (χ2v) is 8.24. The van der Waals surface area contributed by atoms with E-state index in [0.717, 1.165) is 36.6 Å². The van der Waals surface area contributed by atoms with E-state index < -0.39 is 0 Å². The molecular formula is C18H27N3O3S+2. The van der Waals surface area contributed by atoms with Crippen molar-refractivity contribution in [3.63, 3.8) is 0 Å². The highest BCUT2D eigenvalue weighted by atomic mass is 32.2. The minimum atomic E-state index is 0.105. The monoisotopic (exact) mass is 365 g/mol. The minimum Gasteiger partial charge on any atom is -0.454 e. The maximum absolute atomic E-state index is 12.4. The maximum Gasteiger partial charge on any atom is 0.233 e. The molecule has 3 aliphatic rings. The number of fused-ring (bicyclic) bond motifs is 1. The normalized spacial score (nSPS) is 28.6. The molecule has 4 rings (SSSR count). The molecule has 1 amide bonds. The summed E-state index contributed by atoms with van der Waals surface area (Å²) < 4.78 is 10.9. The first kappa shape index (κ1) is 17.0. The molecule has 1 aromatic rings. The van der Waals surface area contributed by atoms with Crippen LogP contribution in [-0.2, 0) is 4.79 Å². The number of rotatable bonds is 5. The zero-order valence-corrected chi connectivity index (χ0v) is 15.6. The van der Waals surface area contributed by atoms with E-state index in [1.807, 2.05) is 17.0 Å². The van der Waals surface area contributed by atoms with Gasteiger partial charge in [0.05, 0.1) is 19.3 Å². The second-order valence-electron chi connectivity index (χ2n) is 7.17. The number of nitrogens with zero attached hydrogens (tertiary/aromatic N) is 1. The van der Waals surface area contributed by atoms with Gasteiger partial charge in [-0.25, -0.2) is 0 Å². The second kappa shape index (κ2) is 7.43. The Morgan fingerprint density at radius 2 is 2.00 bits per heavy atom. The third kappa shape index (κ3) is 3.73. The fraction of sp³-hybridized carbons (Fsp3) is 0.611. The SMILES string of the molecule is C[NH+]1CC[NH+](CCCN2C(=O)CS[C@H]2c2ccc3c(c2)OCO3)CC1. The third-order valence-corrected chi connectivity index (χ3v) is 6.65.